The van der Waals surface area contributed by atoms with E-state index in [1.54, 1.807) is 24.3 Å². The van der Waals surface area contributed by atoms with Gasteiger partial charge in [0.25, 0.3) is 5.91 Å². The second-order valence-electron chi connectivity index (χ2n) is 4.64. The van der Waals surface area contributed by atoms with Crippen LogP contribution in [0.5, 0.6) is 0 Å². The van der Waals surface area contributed by atoms with E-state index in [2.05, 4.69) is 21.2 Å². The Morgan fingerprint density at radius 1 is 1.09 bits per heavy atom. The Labute approximate surface area is 139 Å². The highest BCUT2D eigenvalue weighted by Crippen LogP contribution is 2.16. The van der Waals surface area contributed by atoms with Crippen molar-refractivity contribution in [2.45, 2.75) is 13.0 Å². The summed E-state index contributed by atoms with van der Waals surface area (Å²) in [4.78, 5) is 23.8. The lowest BCUT2D eigenvalue weighted by Gasteiger charge is -2.14. The van der Waals surface area contributed by atoms with Crippen molar-refractivity contribution in [1.82, 2.24) is 0 Å². The Kier molecular flexibility index (Phi) is 5.44. The molecule has 0 fully saturated rings. The summed E-state index contributed by atoms with van der Waals surface area (Å²) in [7, 11) is 0. The number of hydrogen-bond acceptors (Lipinski definition) is 3. The topological polar surface area (TPSA) is 55.4 Å². The fourth-order valence-corrected chi connectivity index (χ4v) is 2.01. The standard InChI is InChI=1S/C16H12BrF2NO3/c1-9(15(21)20-11-7-5-10(17)6-8-11)23-16(22)14-12(18)3-2-4-13(14)19/h2-9H,1H3,(H,20,21)/t9-/m0/s1. The molecule has 23 heavy (non-hydrogen) atoms. The van der Waals surface area contributed by atoms with E-state index in [9.17, 15) is 18.4 Å². The average molecular weight is 384 g/mol. The number of amides is 1. The smallest absolute Gasteiger partial charge is 0.344 e. The first-order chi connectivity index (χ1) is 10.9. The minimum atomic E-state index is -1.24. The lowest BCUT2D eigenvalue weighted by Crippen LogP contribution is -2.30. The van der Waals surface area contributed by atoms with Crippen LogP contribution in [0.15, 0.2) is 46.9 Å². The molecule has 1 amide bonds. The summed E-state index contributed by atoms with van der Waals surface area (Å²) in [5.41, 5.74) is -0.325. The van der Waals surface area contributed by atoms with Crippen molar-refractivity contribution in [3.63, 3.8) is 0 Å². The van der Waals surface area contributed by atoms with Gasteiger partial charge in [-0.2, -0.15) is 0 Å². The molecule has 4 nitrogen and oxygen atoms in total. The Morgan fingerprint density at radius 2 is 1.65 bits per heavy atom. The Bertz CT molecular complexity index is 714. The number of hydrogen-bond donors (Lipinski definition) is 1. The van der Waals surface area contributed by atoms with Crippen LogP contribution >= 0.6 is 15.9 Å². The summed E-state index contributed by atoms with van der Waals surface area (Å²) in [5.74, 6) is -3.94. The molecule has 0 saturated carbocycles. The quantitative estimate of drug-likeness (QED) is 0.814. The number of anilines is 1. The van der Waals surface area contributed by atoms with E-state index in [1.807, 2.05) is 0 Å². The van der Waals surface area contributed by atoms with Crippen molar-refractivity contribution in [3.8, 4) is 0 Å². The van der Waals surface area contributed by atoms with Crippen LogP contribution in [0.25, 0.3) is 0 Å². The molecule has 0 aliphatic carbocycles. The van der Waals surface area contributed by atoms with Gasteiger partial charge in [0.05, 0.1) is 0 Å². The van der Waals surface area contributed by atoms with E-state index in [0.29, 0.717) is 5.69 Å². The third kappa shape index (κ3) is 4.35. The second kappa shape index (κ2) is 7.32. The molecule has 1 N–H and O–H groups in total. The molecular weight excluding hydrogens is 372 g/mol. The summed E-state index contributed by atoms with van der Waals surface area (Å²) in [6.45, 7) is 1.31. The molecule has 2 rings (SSSR count). The van der Waals surface area contributed by atoms with E-state index < -0.39 is 35.2 Å². The van der Waals surface area contributed by atoms with Crippen LogP contribution in [0, 0.1) is 11.6 Å². The molecule has 0 aliphatic rings. The van der Waals surface area contributed by atoms with Gasteiger partial charge in [-0.3, -0.25) is 4.79 Å². The molecule has 7 heteroatoms. The van der Waals surface area contributed by atoms with Crippen LogP contribution in [-0.4, -0.2) is 18.0 Å². The molecule has 0 heterocycles. The summed E-state index contributed by atoms with van der Waals surface area (Å²) in [6.07, 6.45) is -1.22. The van der Waals surface area contributed by atoms with Crippen molar-refractivity contribution in [1.29, 1.82) is 0 Å². The van der Waals surface area contributed by atoms with Gasteiger partial charge in [-0.1, -0.05) is 22.0 Å². The molecule has 0 saturated heterocycles. The van der Waals surface area contributed by atoms with E-state index in [1.165, 1.54) is 6.92 Å². The summed E-state index contributed by atoms with van der Waals surface area (Å²) in [5, 5.41) is 2.53. The second-order valence-corrected chi connectivity index (χ2v) is 5.56. The van der Waals surface area contributed by atoms with Gasteiger partial charge >= 0.3 is 5.97 Å². The minimum Gasteiger partial charge on any atom is -0.449 e. The maximum Gasteiger partial charge on any atom is 0.344 e. The SMILES string of the molecule is C[C@H](OC(=O)c1c(F)cccc1F)C(=O)Nc1ccc(Br)cc1. The highest BCUT2D eigenvalue weighted by molar-refractivity contribution is 9.10. The van der Waals surface area contributed by atoms with Crippen molar-refractivity contribution >= 4 is 33.5 Å². The number of benzene rings is 2. The van der Waals surface area contributed by atoms with Crippen molar-refractivity contribution in [2.75, 3.05) is 5.32 Å². The highest BCUT2D eigenvalue weighted by atomic mass is 79.9. The van der Waals surface area contributed by atoms with Crippen molar-refractivity contribution in [2.24, 2.45) is 0 Å². The Hall–Kier alpha value is -2.28. The molecule has 0 spiro atoms. The summed E-state index contributed by atoms with van der Waals surface area (Å²) >= 11 is 3.26. The van der Waals surface area contributed by atoms with Gasteiger partial charge in [0.15, 0.2) is 6.10 Å². The van der Waals surface area contributed by atoms with E-state index in [-0.39, 0.29) is 0 Å². The third-order valence-corrected chi connectivity index (χ3v) is 3.46. The zero-order valence-corrected chi connectivity index (χ0v) is 13.6. The molecule has 0 bridgehead atoms. The van der Waals surface area contributed by atoms with Crippen molar-refractivity contribution < 1.29 is 23.1 Å². The minimum absolute atomic E-state index is 0.498. The predicted octanol–water partition coefficient (Wildman–Crippen LogP) is 3.91. The normalized spacial score (nSPS) is 11.7. The van der Waals surface area contributed by atoms with Crippen LogP contribution in [0.4, 0.5) is 14.5 Å². The average Bonchev–Trinajstić information content (AvgIpc) is 2.49. The summed E-state index contributed by atoms with van der Waals surface area (Å²) < 4.78 is 32.6. The lowest BCUT2D eigenvalue weighted by molar-refractivity contribution is -0.123. The number of halogens is 3. The van der Waals surface area contributed by atoms with Crippen LogP contribution in [0.3, 0.4) is 0 Å². The number of carbonyl (C=O) groups excluding carboxylic acids is 2. The molecular formula is C16H12BrF2NO3. The van der Waals surface area contributed by atoms with E-state index >= 15 is 0 Å². The molecule has 2 aromatic carbocycles. The fraction of sp³-hybridized carbons (Fsp3) is 0.125. The molecule has 1 atom stereocenters. The molecule has 0 aromatic heterocycles. The zero-order valence-electron chi connectivity index (χ0n) is 12.0. The first-order valence-electron chi connectivity index (χ1n) is 6.60. The van der Waals surface area contributed by atoms with Gasteiger partial charge in [0.1, 0.15) is 17.2 Å². The molecule has 120 valence electrons. The zero-order chi connectivity index (χ0) is 17.0. The first-order valence-corrected chi connectivity index (χ1v) is 7.39. The largest absolute Gasteiger partial charge is 0.449 e. The van der Waals surface area contributed by atoms with Gasteiger partial charge in [-0.15, -0.1) is 0 Å². The van der Waals surface area contributed by atoms with Gasteiger partial charge < -0.3 is 10.1 Å². The van der Waals surface area contributed by atoms with Crippen LogP contribution in [0.2, 0.25) is 0 Å². The van der Waals surface area contributed by atoms with Crippen LogP contribution in [-0.2, 0) is 9.53 Å². The lowest BCUT2D eigenvalue weighted by atomic mass is 10.2. The maximum absolute atomic E-state index is 13.5. The van der Waals surface area contributed by atoms with Crippen molar-refractivity contribution in [3.05, 3.63) is 64.1 Å². The first kappa shape index (κ1) is 17.1. The maximum atomic E-state index is 13.5. The Balaban J connectivity index is 2.03. The number of ether oxygens (including phenoxy) is 1. The number of esters is 1. The number of carbonyl (C=O) groups is 2. The molecule has 2 aromatic rings. The summed E-state index contributed by atoms with van der Waals surface area (Å²) in [6, 6.07) is 9.74. The third-order valence-electron chi connectivity index (χ3n) is 2.93. The van der Waals surface area contributed by atoms with Gasteiger partial charge in [-0.05, 0) is 43.3 Å². The molecule has 0 radical (unpaired) electrons. The Morgan fingerprint density at radius 3 is 2.22 bits per heavy atom. The molecule has 0 aliphatic heterocycles. The van der Waals surface area contributed by atoms with E-state index in [0.717, 1.165) is 22.7 Å². The van der Waals surface area contributed by atoms with E-state index in [4.69, 9.17) is 4.74 Å². The van der Waals surface area contributed by atoms with Gasteiger partial charge in [-0.25, -0.2) is 13.6 Å². The van der Waals surface area contributed by atoms with Gasteiger partial charge in [0.2, 0.25) is 0 Å². The van der Waals surface area contributed by atoms with Gasteiger partial charge in [0, 0.05) is 10.2 Å². The molecule has 0 unspecified atom stereocenters. The predicted molar refractivity (Wildman–Crippen MR) is 84.0 cm³/mol. The highest BCUT2D eigenvalue weighted by Gasteiger charge is 2.24. The number of rotatable bonds is 4. The van der Waals surface area contributed by atoms with Crippen LogP contribution < -0.4 is 5.32 Å². The monoisotopic (exact) mass is 383 g/mol. The van der Waals surface area contributed by atoms with Crippen LogP contribution in [0.1, 0.15) is 17.3 Å². The number of nitrogens with one attached hydrogen (secondary N) is 1. The fourth-order valence-electron chi connectivity index (χ4n) is 1.74.